The van der Waals surface area contributed by atoms with E-state index in [9.17, 15) is 4.79 Å². The molecule has 2 amide bonds. The van der Waals surface area contributed by atoms with Crippen molar-refractivity contribution in [2.24, 2.45) is 7.05 Å². The maximum Gasteiger partial charge on any atom is 0.319 e. The lowest BCUT2D eigenvalue weighted by molar-refractivity contribution is 0.251. The summed E-state index contributed by atoms with van der Waals surface area (Å²) in [6, 6.07) is 11.7. The van der Waals surface area contributed by atoms with Gasteiger partial charge in [0.15, 0.2) is 0 Å². The Hall–Kier alpha value is -2.60. The topological polar surface area (TPSA) is 59.0 Å². The predicted octanol–water partition coefficient (Wildman–Crippen LogP) is 3.47. The summed E-state index contributed by atoms with van der Waals surface area (Å²) in [5.41, 5.74) is 2.83. The third-order valence-electron chi connectivity index (χ3n) is 3.14. The molecule has 2 heterocycles. The monoisotopic (exact) mass is 312 g/mol. The minimum absolute atomic E-state index is 0.229. The fourth-order valence-electron chi connectivity index (χ4n) is 2.11. The zero-order chi connectivity index (χ0) is 15.4. The van der Waals surface area contributed by atoms with Gasteiger partial charge < -0.3 is 10.6 Å². The number of benzene rings is 1. The number of nitrogens with one attached hydrogen (secondary N) is 2. The molecule has 3 rings (SSSR count). The molecule has 0 aliphatic rings. The number of aryl methyl sites for hydroxylation is 1. The summed E-state index contributed by atoms with van der Waals surface area (Å²) in [6.45, 7) is 0.449. The number of rotatable bonds is 4. The fourth-order valence-corrected chi connectivity index (χ4v) is 2.84. The molecule has 2 N–H and O–H groups in total. The number of thiophene rings is 1. The number of hydrogen-bond donors (Lipinski definition) is 2. The highest BCUT2D eigenvalue weighted by Crippen LogP contribution is 2.26. The molecule has 0 aliphatic carbocycles. The van der Waals surface area contributed by atoms with Crippen molar-refractivity contribution in [3.63, 3.8) is 0 Å². The largest absolute Gasteiger partial charge is 0.334 e. The average Bonchev–Trinajstić information content (AvgIpc) is 3.17. The molecular weight excluding hydrogens is 296 g/mol. The maximum atomic E-state index is 11.9. The Morgan fingerprint density at radius 2 is 2.23 bits per heavy atom. The zero-order valence-corrected chi connectivity index (χ0v) is 12.9. The molecule has 0 radical (unpaired) electrons. The van der Waals surface area contributed by atoms with Crippen molar-refractivity contribution in [1.29, 1.82) is 0 Å². The van der Waals surface area contributed by atoms with Crippen LogP contribution in [0.15, 0.2) is 54.2 Å². The number of carbonyl (C=O) groups excluding carboxylic acids is 1. The summed E-state index contributed by atoms with van der Waals surface area (Å²) in [4.78, 5) is 13.1. The number of amides is 2. The van der Waals surface area contributed by atoms with Gasteiger partial charge in [-0.05, 0) is 29.1 Å². The van der Waals surface area contributed by atoms with Gasteiger partial charge in [0, 0.05) is 35.9 Å². The normalized spacial score (nSPS) is 10.4. The van der Waals surface area contributed by atoms with Crippen LogP contribution in [0.1, 0.15) is 5.56 Å². The lowest BCUT2D eigenvalue weighted by Gasteiger charge is -2.08. The van der Waals surface area contributed by atoms with E-state index in [1.54, 1.807) is 22.2 Å². The quantitative estimate of drug-likeness (QED) is 0.775. The smallest absolute Gasteiger partial charge is 0.319 e. The van der Waals surface area contributed by atoms with E-state index in [0.29, 0.717) is 6.54 Å². The summed E-state index contributed by atoms with van der Waals surface area (Å²) in [5, 5.41) is 11.8. The first-order valence-corrected chi connectivity index (χ1v) is 7.75. The van der Waals surface area contributed by atoms with E-state index in [1.807, 2.05) is 49.0 Å². The van der Waals surface area contributed by atoms with Gasteiger partial charge in [-0.1, -0.05) is 18.2 Å². The second kappa shape index (κ2) is 6.44. The van der Waals surface area contributed by atoms with Gasteiger partial charge in [0.25, 0.3) is 0 Å². The van der Waals surface area contributed by atoms with E-state index in [1.165, 1.54) is 4.88 Å². The minimum Gasteiger partial charge on any atom is -0.334 e. The number of hydrogen-bond acceptors (Lipinski definition) is 3. The van der Waals surface area contributed by atoms with E-state index in [4.69, 9.17) is 0 Å². The predicted molar refractivity (Wildman–Crippen MR) is 88.8 cm³/mol. The number of aromatic nitrogens is 2. The van der Waals surface area contributed by atoms with E-state index in [2.05, 4.69) is 21.8 Å². The van der Waals surface area contributed by atoms with Gasteiger partial charge >= 0.3 is 6.03 Å². The van der Waals surface area contributed by atoms with Gasteiger partial charge in [-0.25, -0.2) is 4.79 Å². The molecule has 0 unspecified atom stereocenters. The first kappa shape index (κ1) is 14.3. The van der Waals surface area contributed by atoms with E-state index < -0.39 is 0 Å². The van der Waals surface area contributed by atoms with Crippen LogP contribution in [0.3, 0.4) is 0 Å². The molecule has 0 bridgehead atoms. The Bertz CT molecular complexity index is 764. The Morgan fingerprint density at radius 3 is 2.95 bits per heavy atom. The molecule has 0 fully saturated rings. The van der Waals surface area contributed by atoms with E-state index >= 15 is 0 Å². The summed E-state index contributed by atoms with van der Waals surface area (Å²) < 4.78 is 1.71. The van der Waals surface area contributed by atoms with E-state index in [0.717, 1.165) is 16.8 Å². The second-order valence-electron chi connectivity index (χ2n) is 4.89. The molecule has 0 spiro atoms. The minimum atomic E-state index is -0.229. The van der Waals surface area contributed by atoms with Gasteiger partial charge in [0.2, 0.25) is 0 Å². The lowest BCUT2D eigenvalue weighted by atomic mass is 10.1. The molecule has 3 aromatic rings. The molecule has 1 aromatic carbocycles. The molecule has 2 aromatic heterocycles. The molecule has 0 saturated carbocycles. The molecule has 0 saturated heterocycles. The van der Waals surface area contributed by atoms with Crippen molar-refractivity contribution in [2.45, 2.75) is 6.54 Å². The lowest BCUT2D eigenvalue weighted by Crippen LogP contribution is -2.28. The zero-order valence-electron chi connectivity index (χ0n) is 12.1. The molecule has 6 heteroatoms. The molecule has 0 aliphatic heterocycles. The summed E-state index contributed by atoms with van der Waals surface area (Å²) in [7, 11) is 1.85. The van der Waals surface area contributed by atoms with Crippen LogP contribution in [0.5, 0.6) is 0 Å². The average molecular weight is 312 g/mol. The van der Waals surface area contributed by atoms with Crippen LogP contribution in [0, 0.1) is 0 Å². The van der Waals surface area contributed by atoms with Crippen LogP contribution >= 0.6 is 11.3 Å². The summed E-state index contributed by atoms with van der Waals surface area (Å²) in [6.07, 6.45) is 3.61. The molecular formula is C16H16N4OS. The Labute approximate surface area is 132 Å². The van der Waals surface area contributed by atoms with Crippen LogP contribution in [-0.2, 0) is 13.6 Å². The SMILES string of the molecule is Cn1cc(CNC(=O)Nc2cccc(-c3cccs3)c2)cn1. The Morgan fingerprint density at radius 1 is 1.32 bits per heavy atom. The van der Waals surface area contributed by atoms with Gasteiger partial charge in [-0.3, -0.25) is 4.68 Å². The van der Waals surface area contributed by atoms with Gasteiger partial charge in [-0.15, -0.1) is 11.3 Å². The number of anilines is 1. The third-order valence-corrected chi connectivity index (χ3v) is 4.06. The van der Waals surface area contributed by atoms with Gasteiger partial charge in [0.1, 0.15) is 0 Å². The highest BCUT2D eigenvalue weighted by molar-refractivity contribution is 7.13. The number of nitrogens with zero attached hydrogens (tertiary/aromatic N) is 2. The van der Waals surface area contributed by atoms with Crippen molar-refractivity contribution in [3.05, 3.63) is 59.7 Å². The van der Waals surface area contributed by atoms with Crippen molar-refractivity contribution in [1.82, 2.24) is 15.1 Å². The first-order chi connectivity index (χ1) is 10.7. The second-order valence-corrected chi connectivity index (χ2v) is 5.84. The summed E-state index contributed by atoms with van der Waals surface area (Å²) in [5.74, 6) is 0. The maximum absolute atomic E-state index is 11.9. The van der Waals surface area contributed by atoms with Crippen LogP contribution in [0.2, 0.25) is 0 Å². The molecule has 5 nitrogen and oxygen atoms in total. The van der Waals surface area contributed by atoms with Gasteiger partial charge in [0.05, 0.1) is 6.20 Å². The van der Waals surface area contributed by atoms with Crippen LogP contribution in [-0.4, -0.2) is 15.8 Å². The van der Waals surface area contributed by atoms with Crippen molar-refractivity contribution >= 4 is 23.1 Å². The molecule has 112 valence electrons. The molecule has 22 heavy (non-hydrogen) atoms. The van der Waals surface area contributed by atoms with Gasteiger partial charge in [-0.2, -0.15) is 5.10 Å². The molecule has 0 atom stereocenters. The van der Waals surface area contributed by atoms with Crippen LogP contribution < -0.4 is 10.6 Å². The standard InChI is InChI=1S/C16H16N4OS/c1-20-11-12(10-18-20)9-17-16(21)19-14-5-2-4-13(8-14)15-6-3-7-22-15/h2-8,10-11H,9H2,1H3,(H2,17,19,21). The highest BCUT2D eigenvalue weighted by atomic mass is 32.1. The Balaban J connectivity index is 1.60. The van der Waals surface area contributed by atoms with E-state index in [-0.39, 0.29) is 6.03 Å². The van der Waals surface area contributed by atoms with Crippen molar-refractivity contribution < 1.29 is 4.79 Å². The highest BCUT2D eigenvalue weighted by Gasteiger charge is 2.05. The third kappa shape index (κ3) is 3.53. The van der Waals surface area contributed by atoms with Crippen LogP contribution in [0.25, 0.3) is 10.4 Å². The van der Waals surface area contributed by atoms with Crippen LogP contribution in [0.4, 0.5) is 10.5 Å². The fraction of sp³-hybridized carbons (Fsp3) is 0.125. The number of urea groups is 1. The first-order valence-electron chi connectivity index (χ1n) is 6.87. The van der Waals surface area contributed by atoms with Crippen molar-refractivity contribution in [2.75, 3.05) is 5.32 Å². The summed E-state index contributed by atoms with van der Waals surface area (Å²) >= 11 is 1.68. The number of carbonyl (C=O) groups is 1. The Kier molecular flexibility index (Phi) is 4.20. The van der Waals surface area contributed by atoms with Crippen molar-refractivity contribution in [3.8, 4) is 10.4 Å².